The molecule has 3 unspecified atom stereocenters. The smallest absolute Gasteiger partial charge is 0.169 e. The first kappa shape index (κ1) is 16.3. The lowest BCUT2D eigenvalue weighted by Gasteiger charge is -2.49. The Morgan fingerprint density at radius 1 is 1.14 bits per heavy atom. The Balaban J connectivity index is 1.47. The van der Waals surface area contributed by atoms with Gasteiger partial charge in [0.2, 0.25) is 0 Å². The van der Waals surface area contributed by atoms with E-state index in [1.807, 2.05) is 18.2 Å². The van der Waals surface area contributed by atoms with Crippen molar-refractivity contribution in [2.24, 2.45) is 0 Å². The summed E-state index contributed by atoms with van der Waals surface area (Å²) < 4.78 is 18.6. The molecule has 28 heavy (non-hydrogen) atoms. The summed E-state index contributed by atoms with van der Waals surface area (Å²) in [5.41, 5.74) is 5.17. The number of hydrogen-bond acceptors (Lipinski definition) is 4. The van der Waals surface area contributed by atoms with Gasteiger partial charge < -0.3 is 19.5 Å². The predicted octanol–water partition coefficient (Wildman–Crippen LogP) is 3.65. The Labute approximate surface area is 164 Å². The maximum Gasteiger partial charge on any atom is 0.169 e. The summed E-state index contributed by atoms with van der Waals surface area (Å²) in [6, 6.07) is 15.0. The van der Waals surface area contributed by atoms with Gasteiger partial charge in [0.1, 0.15) is 12.4 Å². The average Bonchev–Trinajstić information content (AvgIpc) is 3.07. The van der Waals surface area contributed by atoms with Crippen LogP contribution in [0.2, 0.25) is 0 Å². The predicted molar refractivity (Wildman–Crippen MR) is 107 cm³/mol. The third-order valence-corrected chi connectivity index (χ3v) is 6.72. The molecule has 0 aromatic heterocycles. The van der Waals surface area contributed by atoms with Gasteiger partial charge in [-0.15, -0.1) is 0 Å². The van der Waals surface area contributed by atoms with Crippen molar-refractivity contribution in [3.63, 3.8) is 0 Å². The quantitative estimate of drug-likeness (QED) is 0.888. The Bertz CT molecular complexity index is 1010. The van der Waals surface area contributed by atoms with Gasteiger partial charge in [-0.1, -0.05) is 42.5 Å². The van der Waals surface area contributed by atoms with Crippen molar-refractivity contribution in [3.05, 3.63) is 82.6 Å². The van der Waals surface area contributed by atoms with Crippen LogP contribution in [0.5, 0.6) is 11.5 Å². The molecule has 142 valence electrons. The summed E-state index contributed by atoms with van der Waals surface area (Å²) in [5, 5.41) is 3.70. The topological polar surface area (TPSA) is 39.7 Å². The molecule has 4 heteroatoms. The minimum Gasteiger partial charge on any atom is -0.497 e. The Morgan fingerprint density at radius 3 is 2.89 bits per heavy atom. The molecule has 0 amide bonds. The van der Waals surface area contributed by atoms with Crippen LogP contribution in [0.25, 0.3) is 0 Å². The highest BCUT2D eigenvalue weighted by molar-refractivity contribution is 5.67. The highest BCUT2D eigenvalue weighted by Gasteiger charge is 2.61. The molecule has 2 heterocycles. The number of methoxy groups -OCH3 is 1. The van der Waals surface area contributed by atoms with Crippen molar-refractivity contribution in [2.45, 2.75) is 37.0 Å². The van der Waals surface area contributed by atoms with Crippen LogP contribution in [-0.4, -0.2) is 25.8 Å². The van der Waals surface area contributed by atoms with Gasteiger partial charge in [0.15, 0.2) is 17.6 Å². The van der Waals surface area contributed by atoms with Crippen LogP contribution < -0.4 is 14.8 Å². The first-order valence-corrected chi connectivity index (χ1v) is 10.0. The summed E-state index contributed by atoms with van der Waals surface area (Å²) in [6.07, 6.45) is 6.26. The zero-order chi connectivity index (χ0) is 18.7. The summed E-state index contributed by atoms with van der Waals surface area (Å²) in [5.74, 6) is 2.65. The lowest BCUT2D eigenvalue weighted by Crippen LogP contribution is -2.58. The molecule has 4 nitrogen and oxygen atoms in total. The van der Waals surface area contributed by atoms with E-state index >= 15 is 0 Å². The first-order chi connectivity index (χ1) is 13.8. The summed E-state index contributed by atoms with van der Waals surface area (Å²) >= 11 is 0. The molecule has 2 aliphatic heterocycles. The molecule has 1 saturated heterocycles. The number of benzene rings is 2. The van der Waals surface area contributed by atoms with Crippen LogP contribution in [0.1, 0.15) is 23.1 Å². The summed E-state index contributed by atoms with van der Waals surface area (Å²) in [4.78, 5) is 0. The lowest BCUT2D eigenvalue weighted by molar-refractivity contribution is 0.0990. The Kier molecular flexibility index (Phi) is 3.42. The van der Waals surface area contributed by atoms with Gasteiger partial charge >= 0.3 is 0 Å². The maximum absolute atomic E-state index is 6.61. The molecule has 1 spiro atoms. The average molecular weight is 373 g/mol. The molecule has 1 fully saturated rings. The molecule has 4 aliphatic rings. The van der Waals surface area contributed by atoms with E-state index in [1.165, 1.54) is 16.7 Å². The van der Waals surface area contributed by atoms with E-state index in [0.717, 1.165) is 42.2 Å². The van der Waals surface area contributed by atoms with E-state index in [9.17, 15) is 0 Å². The van der Waals surface area contributed by atoms with Crippen LogP contribution in [0.3, 0.4) is 0 Å². The molecule has 2 bridgehead atoms. The van der Waals surface area contributed by atoms with Gasteiger partial charge in [0.05, 0.1) is 12.5 Å². The second kappa shape index (κ2) is 5.89. The van der Waals surface area contributed by atoms with E-state index in [4.69, 9.17) is 14.2 Å². The lowest BCUT2D eigenvalue weighted by atomic mass is 9.58. The van der Waals surface area contributed by atoms with Crippen LogP contribution in [-0.2, 0) is 23.2 Å². The van der Waals surface area contributed by atoms with Crippen molar-refractivity contribution in [1.29, 1.82) is 0 Å². The molecule has 2 aliphatic carbocycles. The molecular weight excluding hydrogens is 350 g/mol. The van der Waals surface area contributed by atoms with Crippen LogP contribution >= 0.6 is 0 Å². The molecule has 1 N–H and O–H groups in total. The van der Waals surface area contributed by atoms with Crippen molar-refractivity contribution in [1.82, 2.24) is 5.32 Å². The zero-order valence-electron chi connectivity index (χ0n) is 15.9. The molecule has 6 rings (SSSR count). The van der Waals surface area contributed by atoms with Crippen molar-refractivity contribution >= 4 is 0 Å². The summed E-state index contributed by atoms with van der Waals surface area (Å²) in [6.45, 7) is 1.53. The molecule has 2 aromatic rings. The first-order valence-electron chi connectivity index (χ1n) is 10.0. The second-order valence-corrected chi connectivity index (χ2v) is 8.03. The van der Waals surface area contributed by atoms with Crippen LogP contribution in [0, 0.1) is 0 Å². The maximum atomic E-state index is 6.61. The highest BCUT2D eigenvalue weighted by atomic mass is 16.6. The van der Waals surface area contributed by atoms with Gasteiger partial charge in [-0.3, -0.25) is 0 Å². The van der Waals surface area contributed by atoms with Gasteiger partial charge in [0, 0.05) is 11.6 Å². The minimum absolute atomic E-state index is 0.0994. The third kappa shape index (κ3) is 2.04. The normalized spacial score (nSPS) is 28.6. The van der Waals surface area contributed by atoms with Gasteiger partial charge in [-0.2, -0.15) is 0 Å². The molecule has 0 saturated carbocycles. The highest BCUT2D eigenvalue weighted by Crippen LogP contribution is 2.61. The number of nitrogens with one attached hydrogen (secondary N) is 1. The SMILES string of the molecule is COC1=CC=C2C3Cc4ccc(OCc5ccccc5)c5c4C2(CCN3)C1O5. The van der Waals surface area contributed by atoms with E-state index in [1.54, 1.807) is 7.11 Å². The van der Waals surface area contributed by atoms with Crippen molar-refractivity contribution in [3.8, 4) is 11.5 Å². The number of rotatable bonds is 4. The van der Waals surface area contributed by atoms with E-state index in [-0.39, 0.29) is 11.5 Å². The summed E-state index contributed by atoms with van der Waals surface area (Å²) in [7, 11) is 1.74. The largest absolute Gasteiger partial charge is 0.497 e. The van der Waals surface area contributed by atoms with E-state index in [2.05, 4.69) is 41.7 Å². The molecule has 0 radical (unpaired) electrons. The van der Waals surface area contributed by atoms with Gasteiger partial charge in [-0.05, 0) is 48.2 Å². The molecular formula is C24H23NO3. The molecule has 3 atom stereocenters. The fraction of sp³-hybridized carbons (Fsp3) is 0.333. The number of piperidine rings is 1. The van der Waals surface area contributed by atoms with Gasteiger partial charge in [-0.25, -0.2) is 0 Å². The van der Waals surface area contributed by atoms with Crippen LogP contribution in [0.15, 0.2) is 65.9 Å². The van der Waals surface area contributed by atoms with Crippen molar-refractivity contribution < 1.29 is 14.2 Å². The standard InChI is InChI=1S/C24H23NO3/c1-26-20-10-8-17-18-13-16-7-9-19(27-14-15-5-3-2-4-6-15)22-21(16)24(17,11-12-25-18)23(20)28-22/h2-10,18,23,25H,11-14H2,1H3. The number of allylic oxidation sites excluding steroid dienone is 2. The number of hydrogen-bond donors (Lipinski definition) is 1. The van der Waals surface area contributed by atoms with E-state index < -0.39 is 0 Å². The fourth-order valence-electron chi connectivity index (χ4n) is 5.54. The zero-order valence-corrected chi connectivity index (χ0v) is 15.9. The molecule has 2 aromatic carbocycles. The second-order valence-electron chi connectivity index (χ2n) is 8.03. The van der Waals surface area contributed by atoms with Crippen LogP contribution in [0.4, 0.5) is 0 Å². The monoisotopic (exact) mass is 373 g/mol. The van der Waals surface area contributed by atoms with Crippen molar-refractivity contribution in [2.75, 3.05) is 13.7 Å². The Morgan fingerprint density at radius 2 is 2.04 bits per heavy atom. The Hall–Kier alpha value is -2.72. The minimum atomic E-state index is -0.120. The third-order valence-electron chi connectivity index (χ3n) is 6.72. The fourth-order valence-corrected chi connectivity index (χ4v) is 5.54. The number of ether oxygens (including phenoxy) is 3. The van der Waals surface area contributed by atoms with Gasteiger partial charge in [0.25, 0.3) is 0 Å². The van der Waals surface area contributed by atoms with E-state index in [0.29, 0.717) is 12.6 Å².